The zero-order valence-corrected chi connectivity index (χ0v) is 17.2. The lowest BCUT2D eigenvalue weighted by Gasteiger charge is -2.45. The summed E-state index contributed by atoms with van der Waals surface area (Å²) in [5, 5.41) is 3.69. The van der Waals surface area contributed by atoms with Gasteiger partial charge in [-0.05, 0) is 97.8 Å². The first-order valence-corrected chi connectivity index (χ1v) is 11.3. The summed E-state index contributed by atoms with van der Waals surface area (Å²) in [6.07, 6.45) is 8.30. The van der Waals surface area contributed by atoms with E-state index in [0.717, 1.165) is 24.0 Å². The number of nitrogens with one attached hydrogen (secondary N) is 1. The number of likely N-dealkylation sites (N-methyl/N-ethyl adjacent to an activating group) is 1. The Hall–Kier alpha value is -0.200. The molecule has 0 aromatic rings. The van der Waals surface area contributed by atoms with E-state index in [4.69, 9.17) is 0 Å². The minimum Gasteiger partial charge on any atom is -0.315 e. The third-order valence-electron chi connectivity index (χ3n) is 7.77. The van der Waals surface area contributed by atoms with Crippen LogP contribution in [-0.4, -0.2) is 111 Å². The number of rotatable bonds is 5. The van der Waals surface area contributed by atoms with Crippen LogP contribution in [-0.2, 0) is 0 Å². The third-order valence-corrected chi connectivity index (χ3v) is 7.77. The van der Waals surface area contributed by atoms with Gasteiger partial charge < -0.3 is 15.1 Å². The summed E-state index contributed by atoms with van der Waals surface area (Å²) in [5.74, 6) is 0.846. The average molecular weight is 364 g/mol. The molecule has 4 aliphatic heterocycles. The summed E-state index contributed by atoms with van der Waals surface area (Å²) in [7, 11) is 4.68. The van der Waals surface area contributed by atoms with Crippen molar-refractivity contribution in [3.8, 4) is 0 Å². The summed E-state index contributed by atoms with van der Waals surface area (Å²) in [4.78, 5) is 10.8. The van der Waals surface area contributed by atoms with Gasteiger partial charge in [0.25, 0.3) is 0 Å². The fourth-order valence-corrected chi connectivity index (χ4v) is 5.97. The minimum atomic E-state index is 0.725. The van der Waals surface area contributed by atoms with Crippen molar-refractivity contribution in [1.29, 1.82) is 0 Å². The minimum absolute atomic E-state index is 0.725. The maximum atomic E-state index is 3.69. The summed E-state index contributed by atoms with van der Waals surface area (Å²) < 4.78 is 0. The van der Waals surface area contributed by atoms with Gasteiger partial charge in [-0.25, -0.2) is 0 Å². The van der Waals surface area contributed by atoms with Gasteiger partial charge in [0.2, 0.25) is 0 Å². The molecule has 1 N–H and O–H groups in total. The maximum Gasteiger partial charge on any atom is 0.0261 e. The van der Waals surface area contributed by atoms with E-state index in [9.17, 15) is 0 Å². The van der Waals surface area contributed by atoms with E-state index < -0.39 is 0 Å². The van der Waals surface area contributed by atoms with E-state index in [0.29, 0.717) is 0 Å². The van der Waals surface area contributed by atoms with Gasteiger partial charge in [0, 0.05) is 37.8 Å². The smallest absolute Gasteiger partial charge is 0.0261 e. The molecule has 3 unspecified atom stereocenters. The third kappa shape index (κ3) is 4.44. The van der Waals surface area contributed by atoms with Gasteiger partial charge in [-0.15, -0.1) is 0 Å². The summed E-state index contributed by atoms with van der Waals surface area (Å²) in [6.45, 7) is 11.6. The predicted molar refractivity (Wildman–Crippen MR) is 109 cm³/mol. The van der Waals surface area contributed by atoms with Crippen molar-refractivity contribution in [3.63, 3.8) is 0 Å². The second-order valence-electron chi connectivity index (χ2n) is 9.47. The molecule has 4 rings (SSSR count). The van der Waals surface area contributed by atoms with E-state index in [-0.39, 0.29) is 0 Å². The quantitative estimate of drug-likeness (QED) is 0.790. The standard InChI is InChI=1S/C21H41N5/c1-23-12-6-19(7-13-23)24(2)21-15-22-9-5-18(21)16-25-14-8-20(17-25)26-10-3-4-11-26/h18-22H,3-17H2,1-2H3. The van der Waals surface area contributed by atoms with Crippen LogP contribution in [0.15, 0.2) is 0 Å². The monoisotopic (exact) mass is 363 g/mol. The molecule has 4 heterocycles. The number of hydrogen-bond acceptors (Lipinski definition) is 5. The molecular formula is C21H41N5. The van der Waals surface area contributed by atoms with Crippen LogP contribution in [0.3, 0.4) is 0 Å². The molecule has 0 spiro atoms. The van der Waals surface area contributed by atoms with Crippen molar-refractivity contribution >= 4 is 0 Å². The highest BCUT2D eigenvalue weighted by Gasteiger charge is 2.36. The normalized spacial score (nSPS) is 36.3. The molecule has 26 heavy (non-hydrogen) atoms. The lowest BCUT2D eigenvalue weighted by molar-refractivity contribution is 0.0514. The van der Waals surface area contributed by atoms with Crippen molar-refractivity contribution in [1.82, 2.24) is 24.9 Å². The van der Waals surface area contributed by atoms with E-state index >= 15 is 0 Å². The highest BCUT2D eigenvalue weighted by Crippen LogP contribution is 2.27. The van der Waals surface area contributed by atoms with Gasteiger partial charge in [-0.3, -0.25) is 9.80 Å². The fourth-order valence-electron chi connectivity index (χ4n) is 5.97. The van der Waals surface area contributed by atoms with Crippen molar-refractivity contribution in [3.05, 3.63) is 0 Å². The topological polar surface area (TPSA) is 25.0 Å². The molecule has 5 heteroatoms. The van der Waals surface area contributed by atoms with Crippen LogP contribution in [0.25, 0.3) is 0 Å². The van der Waals surface area contributed by atoms with Gasteiger partial charge in [-0.2, -0.15) is 0 Å². The molecule has 4 aliphatic rings. The largest absolute Gasteiger partial charge is 0.315 e. The van der Waals surface area contributed by atoms with Crippen LogP contribution in [0.1, 0.15) is 38.5 Å². The predicted octanol–water partition coefficient (Wildman–Crippen LogP) is 1.16. The summed E-state index contributed by atoms with van der Waals surface area (Å²) in [6, 6.07) is 2.36. The Balaban J connectivity index is 1.31. The van der Waals surface area contributed by atoms with Crippen LogP contribution in [0.5, 0.6) is 0 Å². The van der Waals surface area contributed by atoms with Gasteiger partial charge in [-0.1, -0.05) is 0 Å². The summed E-state index contributed by atoms with van der Waals surface area (Å²) in [5.41, 5.74) is 0. The highest BCUT2D eigenvalue weighted by molar-refractivity contribution is 4.93. The SMILES string of the molecule is CN1CCC(N(C)C2CNCCC2CN2CCC(N3CCCC3)C2)CC1. The van der Waals surface area contributed by atoms with Crippen molar-refractivity contribution in [2.45, 2.75) is 56.7 Å². The van der Waals surface area contributed by atoms with E-state index in [1.165, 1.54) is 97.4 Å². The lowest BCUT2D eigenvalue weighted by atomic mass is 9.89. The molecule has 0 bridgehead atoms. The molecule has 0 amide bonds. The molecule has 0 aromatic carbocycles. The van der Waals surface area contributed by atoms with Crippen molar-refractivity contribution in [2.75, 3.05) is 73.0 Å². The highest BCUT2D eigenvalue weighted by atomic mass is 15.3. The van der Waals surface area contributed by atoms with Crippen LogP contribution >= 0.6 is 0 Å². The Morgan fingerprint density at radius 1 is 0.962 bits per heavy atom. The molecule has 5 nitrogen and oxygen atoms in total. The molecule has 0 radical (unpaired) electrons. The first kappa shape index (κ1) is 19.1. The van der Waals surface area contributed by atoms with E-state index in [1.54, 1.807) is 0 Å². The molecule has 0 saturated carbocycles. The van der Waals surface area contributed by atoms with E-state index in [1.807, 2.05) is 0 Å². The number of nitrogens with zero attached hydrogens (tertiary/aromatic N) is 4. The fraction of sp³-hybridized carbons (Fsp3) is 1.00. The Bertz CT molecular complexity index is 430. The summed E-state index contributed by atoms with van der Waals surface area (Å²) >= 11 is 0. The lowest BCUT2D eigenvalue weighted by Crippen LogP contribution is -2.57. The average Bonchev–Trinajstić information content (AvgIpc) is 3.34. The Morgan fingerprint density at radius 2 is 1.73 bits per heavy atom. The van der Waals surface area contributed by atoms with Gasteiger partial charge in [0.15, 0.2) is 0 Å². The second-order valence-corrected chi connectivity index (χ2v) is 9.47. The number of piperidine rings is 2. The Kier molecular flexibility index (Phi) is 6.53. The zero-order chi connectivity index (χ0) is 17.9. The van der Waals surface area contributed by atoms with Crippen LogP contribution in [0.2, 0.25) is 0 Å². The first-order valence-electron chi connectivity index (χ1n) is 11.3. The molecule has 150 valence electrons. The molecule has 0 aliphatic carbocycles. The number of hydrogen-bond donors (Lipinski definition) is 1. The van der Waals surface area contributed by atoms with Crippen LogP contribution < -0.4 is 5.32 Å². The van der Waals surface area contributed by atoms with Gasteiger partial charge in [0.1, 0.15) is 0 Å². The second kappa shape index (κ2) is 8.87. The van der Waals surface area contributed by atoms with Gasteiger partial charge in [0.05, 0.1) is 0 Å². The van der Waals surface area contributed by atoms with Crippen molar-refractivity contribution in [2.24, 2.45) is 5.92 Å². The van der Waals surface area contributed by atoms with E-state index in [2.05, 4.69) is 39.0 Å². The molecule has 0 aromatic heterocycles. The zero-order valence-electron chi connectivity index (χ0n) is 17.2. The van der Waals surface area contributed by atoms with Crippen LogP contribution in [0.4, 0.5) is 0 Å². The molecule has 4 saturated heterocycles. The van der Waals surface area contributed by atoms with Crippen molar-refractivity contribution < 1.29 is 0 Å². The molecule has 3 atom stereocenters. The number of likely N-dealkylation sites (tertiary alicyclic amines) is 3. The Labute approximate surface area is 161 Å². The molecule has 4 fully saturated rings. The first-order chi connectivity index (χ1) is 12.7. The Morgan fingerprint density at radius 3 is 2.50 bits per heavy atom. The maximum absolute atomic E-state index is 3.69. The van der Waals surface area contributed by atoms with Gasteiger partial charge >= 0.3 is 0 Å². The van der Waals surface area contributed by atoms with Crippen LogP contribution in [0, 0.1) is 5.92 Å². The molecular weight excluding hydrogens is 322 g/mol.